The van der Waals surface area contributed by atoms with Crippen molar-refractivity contribution < 1.29 is 24.5 Å². The minimum absolute atomic E-state index is 0.0244. The van der Waals surface area contributed by atoms with Crippen LogP contribution in [0.5, 0.6) is 0 Å². The second-order valence-electron chi connectivity index (χ2n) is 14.5. The Kier molecular flexibility index (Phi) is 38.4. The summed E-state index contributed by atoms with van der Waals surface area (Å²) >= 11 is 0. The van der Waals surface area contributed by atoms with E-state index in [1.54, 1.807) is 0 Å². The van der Waals surface area contributed by atoms with Gasteiger partial charge in [-0.1, -0.05) is 203 Å². The lowest BCUT2D eigenvalue weighted by Crippen LogP contribution is -2.46. The van der Waals surface area contributed by atoms with Crippen LogP contribution in [-0.4, -0.2) is 46.9 Å². The van der Waals surface area contributed by atoms with Gasteiger partial charge in [0, 0.05) is 12.8 Å². The molecule has 0 aromatic rings. The summed E-state index contributed by atoms with van der Waals surface area (Å²) in [6.07, 6.45) is 49.8. The van der Waals surface area contributed by atoms with Crippen LogP contribution in [0.3, 0.4) is 0 Å². The maximum absolute atomic E-state index is 13.1. The highest BCUT2D eigenvalue weighted by Crippen LogP contribution is 2.15. The number of rotatable bonds is 37. The summed E-state index contributed by atoms with van der Waals surface area (Å²) in [6, 6.07) is -0.741. The standard InChI is InChI=1S/C47H81NO5/c1-4-7-10-13-16-19-22-25-27-30-33-36-39-45(50)44(42-49)48-46(51)41-43(38-35-32-29-26-23-20-17-14-11-8-5-2)53-47(52)40-37-34-31-28-24-21-18-15-12-9-6-3/h8,11,14-15,17-18,20,23,26,29,32,35,43-45,49-50H,4-7,9-10,12-13,16,19,21-22,24-25,27-28,30-31,33-34,36-42H2,1-3H3,(H,48,51)/b11-8+,17-14+,18-15-,23-20-,29-26-,35-32+. The van der Waals surface area contributed by atoms with Crippen LogP contribution < -0.4 is 5.32 Å². The van der Waals surface area contributed by atoms with E-state index in [0.717, 1.165) is 57.8 Å². The summed E-state index contributed by atoms with van der Waals surface area (Å²) in [4.78, 5) is 25.8. The van der Waals surface area contributed by atoms with E-state index in [-0.39, 0.29) is 24.9 Å². The molecule has 0 aliphatic heterocycles. The van der Waals surface area contributed by atoms with Gasteiger partial charge in [0.15, 0.2) is 0 Å². The quantitative estimate of drug-likeness (QED) is 0.0255. The van der Waals surface area contributed by atoms with Crippen LogP contribution in [0.15, 0.2) is 72.9 Å². The number of hydrogen-bond acceptors (Lipinski definition) is 5. The third-order valence-electron chi connectivity index (χ3n) is 9.40. The number of allylic oxidation sites excluding steroid dienone is 11. The Bertz CT molecular complexity index is 1010. The lowest BCUT2D eigenvalue weighted by molar-refractivity contribution is -0.150. The molecule has 3 unspecified atom stereocenters. The summed E-state index contributed by atoms with van der Waals surface area (Å²) in [7, 11) is 0. The zero-order chi connectivity index (χ0) is 38.9. The zero-order valence-corrected chi connectivity index (χ0v) is 34.4. The molecular formula is C47H81NO5. The maximum atomic E-state index is 13.1. The van der Waals surface area contributed by atoms with Crippen LogP contribution in [0.2, 0.25) is 0 Å². The number of amides is 1. The molecule has 6 nitrogen and oxygen atoms in total. The molecule has 0 bridgehead atoms. The van der Waals surface area contributed by atoms with Gasteiger partial charge in [0.2, 0.25) is 5.91 Å². The van der Waals surface area contributed by atoms with Crippen LogP contribution in [0.25, 0.3) is 0 Å². The number of ether oxygens (including phenoxy) is 1. The van der Waals surface area contributed by atoms with Gasteiger partial charge in [-0.25, -0.2) is 0 Å². The van der Waals surface area contributed by atoms with E-state index in [2.05, 4.69) is 44.3 Å². The smallest absolute Gasteiger partial charge is 0.306 e. The fourth-order valence-corrected chi connectivity index (χ4v) is 6.08. The number of esters is 1. The fraction of sp³-hybridized carbons (Fsp3) is 0.702. The predicted octanol–water partition coefficient (Wildman–Crippen LogP) is 12.3. The Morgan fingerprint density at radius 3 is 1.64 bits per heavy atom. The lowest BCUT2D eigenvalue weighted by atomic mass is 10.0. The first-order chi connectivity index (χ1) is 26.0. The minimum atomic E-state index is -0.819. The average molecular weight is 740 g/mol. The molecule has 0 aromatic carbocycles. The Morgan fingerprint density at radius 2 is 1.08 bits per heavy atom. The average Bonchev–Trinajstić information content (AvgIpc) is 3.15. The van der Waals surface area contributed by atoms with Crippen molar-refractivity contribution in [2.24, 2.45) is 0 Å². The summed E-state index contributed by atoms with van der Waals surface area (Å²) in [5.74, 6) is -0.627. The van der Waals surface area contributed by atoms with E-state index < -0.39 is 18.2 Å². The highest BCUT2D eigenvalue weighted by Gasteiger charge is 2.23. The highest BCUT2D eigenvalue weighted by atomic mass is 16.5. The number of nitrogens with one attached hydrogen (secondary N) is 1. The number of unbranched alkanes of at least 4 members (excludes halogenated alkanes) is 18. The molecule has 0 rings (SSSR count). The molecule has 0 aliphatic rings. The molecule has 3 atom stereocenters. The first-order valence-corrected chi connectivity index (χ1v) is 21.7. The molecule has 6 heteroatoms. The van der Waals surface area contributed by atoms with Gasteiger partial charge in [0.1, 0.15) is 6.10 Å². The normalized spacial score (nSPS) is 14.1. The van der Waals surface area contributed by atoms with Crippen molar-refractivity contribution >= 4 is 11.9 Å². The van der Waals surface area contributed by atoms with Gasteiger partial charge in [0.25, 0.3) is 0 Å². The molecule has 0 heterocycles. The van der Waals surface area contributed by atoms with Crippen molar-refractivity contribution in [3.05, 3.63) is 72.9 Å². The second-order valence-corrected chi connectivity index (χ2v) is 14.5. The molecule has 3 N–H and O–H groups in total. The Labute approximate surface area is 326 Å². The van der Waals surface area contributed by atoms with E-state index in [9.17, 15) is 19.8 Å². The van der Waals surface area contributed by atoms with Crippen LogP contribution in [0.1, 0.15) is 188 Å². The van der Waals surface area contributed by atoms with Crippen molar-refractivity contribution in [3.63, 3.8) is 0 Å². The predicted molar refractivity (Wildman–Crippen MR) is 227 cm³/mol. The molecule has 0 saturated heterocycles. The van der Waals surface area contributed by atoms with Crippen molar-refractivity contribution in [3.8, 4) is 0 Å². The molecular weight excluding hydrogens is 659 g/mol. The number of carbonyl (C=O) groups excluding carboxylic acids is 2. The molecule has 0 radical (unpaired) electrons. The Balaban J connectivity index is 4.76. The molecule has 0 fully saturated rings. The molecule has 1 amide bonds. The monoisotopic (exact) mass is 740 g/mol. The molecule has 0 spiro atoms. The van der Waals surface area contributed by atoms with E-state index >= 15 is 0 Å². The molecule has 0 aromatic heterocycles. The third-order valence-corrected chi connectivity index (χ3v) is 9.40. The van der Waals surface area contributed by atoms with E-state index in [1.165, 1.54) is 83.5 Å². The van der Waals surface area contributed by atoms with Gasteiger partial charge in [-0.2, -0.15) is 0 Å². The molecule has 0 saturated carbocycles. The lowest BCUT2D eigenvalue weighted by Gasteiger charge is -2.24. The topological polar surface area (TPSA) is 95.9 Å². The number of carbonyl (C=O) groups is 2. The molecule has 304 valence electrons. The van der Waals surface area contributed by atoms with E-state index in [0.29, 0.717) is 19.3 Å². The number of aliphatic hydroxyl groups excluding tert-OH is 2. The van der Waals surface area contributed by atoms with E-state index in [4.69, 9.17) is 4.74 Å². The van der Waals surface area contributed by atoms with Crippen LogP contribution in [0.4, 0.5) is 0 Å². The van der Waals surface area contributed by atoms with Gasteiger partial charge in [0.05, 0.1) is 25.2 Å². The first-order valence-electron chi connectivity index (χ1n) is 21.7. The summed E-state index contributed by atoms with van der Waals surface area (Å²) in [5.41, 5.74) is 0. The SMILES string of the molecule is CC/C=C/C=C/C=C\C=C/C=C/CC(CC(=O)NC(CO)C(O)CCCCCCCCCCCCCC)OC(=O)CCCCCCC/C=C\CCCC. The van der Waals surface area contributed by atoms with Crippen molar-refractivity contribution in [1.29, 1.82) is 0 Å². The summed E-state index contributed by atoms with van der Waals surface area (Å²) in [6.45, 7) is 6.22. The van der Waals surface area contributed by atoms with Gasteiger partial charge in [-0.3, -0.25) is 9.59 Å². The van der Waals surface area contributed by atoms with Gasteiger partial charge < -0.3 is 20.3 Å². The van der Waals surface area contributed by atoms with Crippen molar-refractivity contribution in [1.82, 2.24) is 5.32 Å². The largest absolute Gasteiger partial charge is 0.461 e. The van der Waals surface area contributed by atoms with Gasteiger partial charge in [-0.05, 0) is 38.5 Å². The number of aliphatic hydroxyl groups is 2. The molecule has 0 aliphatic carbocycles. The zero-order valence-electron chi connectivity index (χ0n) is 34.4. The van der Waals surface area contributed by atoms with Gasteiger partial charge in [-0.15, -0.1) is 0 Å². The summed E-state index contributed by atoms with van der Waals surface area (Å²) < 4.78 is 5.79. The van der Waals surface area contributed by atoms with E-state index in [1.807, 2.05) is 54.7 Å². The van der Waals surface area contributed by atoms with Crippen LogP contribution >= 0.6 is 0 Å². The third kappa shape index (κ3) is 36.1. The van der Waals surface area contributed by atoms with Crippen molar-refractivity contribution in [2.45, 2.75) is 206 Å². The maximum Gasteiger partial charge on any atom is 0.306 e. The Morgan fingerprint density at radius 1 is 0.585 bits per heavy atom. The Hall–Kier alpha value is -2.70. The highest BCUT2D eigenvalue weighted by molar-refractivity contribution is 5.77. The van der Waals surface area contributed by atoms with Crippen molar-refractivity contribution in [2.75, 3.05) is 6.61 Å². The summed E-state index contributed by atoms with van der Waals surface area (Å²) in [5, 5.41) is 23.5. The minimum Gasteiger partial charge on any atom is -0.461 e. The van der Waals surface area contributed by atoms with Crippen LogP contribution in [-0.2, 0) is 14.3 Å². The number of hydrogen-bond donors (Lipinski definition) is 3. The van der Waals surface area contributed by atoms with Gasteiger partial charge >= 0.3 is 5.97 Å². The van der Waals surface area contributed by atoms with Crippen LogP contribution in [0, 0.1) is 0 Å². The molecule has 53 heavy (non-hydrogen) atoms. The second kappa shape index (κ2) is 40.5. The first kappa shape index (κ1) is 50.3. The fourth-order valence-electron chi connectivity index (χ4n) is 6.08.